The van der Waals surface area contributed by atoms with Gasteiger partial charge in [-0.05, 0) is 88.4 Å². The normalized spacial score (nSPS) is 19.9. The second-order valence-corrected chi connectivity index (χ2v) is 15.1. The van der Waals surface area contributed by atoms with E-state index in [-0.39, 0.29) is 21.7 Å². The van der Waals surface area contributed by atoms with E-state index in [1.165, 1.54) is 33.3 Å². The van der Waals surface area contributed by atoms with Crippen LogP contribution in [0, 0.1) is 0 Å². The first-order valence-corrected chi connectivity index (χ1v) is 16.7. The number of fused-ring (bicyclic) bond motifs is 4. The average Bonchev–Trinajstić information content (AvgIpc) is 2.98. The van der Waals surface area contributed by atoms with Gasteiger partial charge in [0.1, 0.15) is 18.0 Å². The lowest BCUT2D eigenvalue weighted by Gasteiger charge is -2.47. The minimum Gasteiger partial charge on any atom is -0.478 e. The van der Waals surface area contributed by atoms with Gasteiger partial charge in [-0.15, -0.1) is 0 Å². The predicted octanol–water partition coefficient (Wildman–Crippen LogP) is 7.63. The molecular weight excluding hydrogens is 603 g/mol. The molecule has 0 spiro atoms. The van der Waals surface area contributed by atoms with Crippen molar-refractivity contribution in [1.82, 2.24) is 4.58 Å². The van der Waals surface area contributed by atoms with Crippen molar-refractivity contribution in [1.29, 1.82) is 0 Å². The lowest BCUT2D eigenvalue weighted by atomic mass is 9.78. The van der Waals surface area contributed by atoms with E-state index in [2.05, 4.69) is 75.3 Å². The summed E-state index contributed by atoms with van der Waals surface area (Å²) in [6.45, 7) is 15.4. The largest absolute Gasteiger partial charge is 0.478 e. The van der Waals surface area contributed by atoms with Crippen LogP contribution in [0.4, 0.5) is 5.69 Å². The summed E-state index contributed by atoms with van der Waals surface area (Å²) in [5, 5.41) is 13.2. The molecule has 45 heavy (non-hydrogen) atoms. The number of hydrogen-bond acceptors (Lipinski definition) is 3. The molecule has 1 N–H and O–H groups in total. The Kier molecular flexibility index (Phi) is 6.10. The zero-order chi connectivity index (χ0) is 31.7. The number of allylic oxidation sites excluding steroid dienone is 2. The number of anilines is 1. The molecule has 0 radical (unpaired) electrons. The van der Waals surface area contributed by atoms with Crippen LogP contribution < -0.4 is 24.8 Å². The summed E-state index contributed by atoms with van der Waals surface area (Å²) < 4.78 is 9.72. The Morgan fingerprint density at radius 1 is 0.911 bits per heavy atom. The second kappa shape index (κ2) is 9.49. The van der Waals surface area contributed by atoms with Gasteiger partial charge in [0.05, 0.1) is 27.4 Å². The molecule has 3 aromatic rings. The Hall–Kier alpha value is -3.54. The Labute approximate surface area is 273 Å². The summed E-state index contributed by atoms with van der Waals surface area (Å²) in [6, 6.07) is 7.70. The molecule has 230 valence electrons. The van der Waals surface area contributed by atoms with Crippen LogP contribution in [0.5, 0.6) is 11.5 Å². The third-order valence-corrected chi connectivity index (χ3v) is 11.2. The summed E-state index contributed by atoms with van der Waals surface area (Å²) in [5.41, 5.74) is 10.2. The number of aromatic carboxylic acids is 1. The maximum Gasteiger partial charge on any atom is 0.337 e. The standard InChI is InChI=1S/C38H36Cl2N2O3/c1-19-17-37(3,4)41-13-7-9-21-32(41)23(19)15-25-29(30-27(39)11-12-28(40)31(30)36(43)44)26-16-24-20(2)18-38(5,6)42-14-8-10-22(33(24)42)35(26)45-34(21)25/h11-12,15-18H,7-10,13-14H2,1-6H3/p+1. The van der Waals surface area contributed by atoms with Gasteiger partial charge in [0.2, 0.25) is 5.36 Å². The molecule has 3 aromatic carbocycles. The molecule has 5 heterocycles. The molecule has 0 saturated carbocycles. The van der Waals surface area contributed by atoms with E-state index in [0.717, 1.165) is 77.8 Å². The number of ether oxygens (including phenoxy) is 1. The highest BCUT2D eigenvalue weighted by Gasteiger charge is 2.42. The number of carbonyl (C=O) groups is 1. The molecule has 5 aliphatic rings. The van der Waals surface area contributed by atoms with Crippen molar-refractivity contribution < 1.29 is 14.6 Å². The smallest absolute Gasteiger partial charge is 0.337 e. The van der Waals surface area contributed by atoms with Crippen LogP contribution in [0.25, 0.3) is 16.7 Å². The van der Waals surface area contributed by atoms with Crippen molar-refractivity contribution in [3.63, 3.8) is 0 Å². The van der Waals surface area contributed by atoms with Gasteiger partial charge in [-0.3, -0.25) is 0 Å². The fourth-order valence-electron chi connectivity index (χ4n) is 8.80. The van der Waals surface area contributed by atoms with E-state index in [9.17, 15) is 9.90 Å². The molecule has 0 unspecified atom stereocenters. The first kappa shape index (κ1) is 28.9. The molecule has 5 nitrogen and oxygen atoms in total. The van der Waals surface area contributed by atoms with Crippen LogP contribution >= 0.6 is 23.2 Å². The van der Waals surface area contributed by atoms with Crippen molar-refractivity contribution in [3.05, 3.63) is 96.0 Å². The number of rotatable bonds is 2. The van der Waals surface area contributed by atoms with Crippen molar-refractivity contribution >= 4 is 51.6 Å². The highest BCUT2D eigenvalue weighted by molar-refractivity contribution is 6.37. The molecule has 0 fully saturated rings. The molecule has 0 saturated heterocycles. The van der Waals surface area contributed by atoms with Crippen LogP contribution in [0.1, 0.15) is 98.1 Å². The van der Waals surface area contributed by atoms with Crippen LogP contribution in [0.15, 0.2) is 36.4 Å². The minimum atomic E-state index is -1.11. The van der Waals surface area contributed by atoms with Gasteiger partial charge in [0, 0.05) is 70.4 Å². The first-order chi connectivity index (χ1) is 21.3. The van der Waals surface area contributed by atoms with Crippen molar-refractivity contribution in [2.24, 2.45) is 0 Å². The molecule has 0 bridgehead atoms. The van der Waals surface area contributed by atoms with Crippen molar-refractivity contribution in [2.45, 2.75) is 78.3 Å². The number of halogens is 2. The number of carboxylic acids is 1. The van der Waals surface area contributed by atoms with E-state index < -0.39 is 5.97 Å². The van der Waals surface area contributed by atoms with Crippen LogP contribution in [-0.4, -0.2) is 35.2 Å². The summed E-state index contributed by atoms with van der Waals surface area (Å²) >= 11 is 13.7. The van der Waals surface area contributed by atoms with E-state index in [1.54, 1.807) is 12.1 Å². The molecule has 0 amide bonds. The highest BCUT2D eigenvalue weighted by atomic mass is 35.5. The van der Waals surface area contributed by atoms with Gasteiger partial charge >= 0.3 is 5.97 Å². The molecular formula is C38H37Cl2N2O3+. The first-order valence-electron chi connectivity index (χ1n) is 15.9. The molecule has 5 aliphatic heterocycles. The Bertz CT molecular complexity index is 2120. The molecule has 0 aliphatic carbocycles. The van der Waals surface area contributed by atoms with E-state index >= 15 is 0 Å². The zero-order valence-corrected chi connectivity index (χ0v) is 28.1. The van der Waals surface area contributed by atoms with E-state index in [1.807, 2.05) is 0 Å². The summed E-state index contributed by atoms with van der Waals surface area (Å²) in [6.07, 6.45) is 8.45. The number of carboxylic acid groups (broad SMARTS) is 1. The lowest BCUT2D eigenvalue weighted by Crippen LogP contribution is -2.53. The maximum absolute atomic E-state index is 12.9. The average molecular weight is 641 g/mol. The highest BCUT2D eigenvalue weighted by Crippen LogP contribution is 2.53. The van der Waals surface area contributed by atoms with Gasteiger partial charge in [-0.2, -0.15) is 0 Å². The van der Waals surface area contributed by atoms with E-state index in [0.29, 0.717) is 10.6 Å². The van der Waals surface area contributed by atoms with Gasteiger partial charge < -0.3 is 14.7 Å². The predicted molar refractivity (Wildman–Crippen MR) is 183 cm³/mol. The van der Waals surface area contributed by atoms with Crippen molar-refractivity contribution in [2.75, 3.05) is 18.0 Å². The third kappa shape index (κ3) is 3.93. The van der Waals surface area contributed by atoms with Crippen LogP contribution in [0.3, 0.4) is 0 Å². The SMILES string of the molecule is CC1=CC(C)(C)N2CCCc3c4c(cc1c32)C(c1c(Cl)ccc(Cl)c1C(=O)O)=c1cc2c3c(c1O4)CCC[N+]=3C(C)(C)C=C2C. The van der Waals surface area contributed by atoms with Gasteiger partial charge in [-0.1, -0.05) is 29.3 Å². The molecule has 0 aromatic heterocycles. The number of benzene rings is 3. The third-order valence-electron chi connectivity index (χ3n) is 10.5. The Morgan fingerprint density at radius 2 is 1.62 bits per heavy atom. The van der Waals surface area contributed by atoms with Gasteiger partial charge in [0.25, 0.3) is 0 Å². The summed E-state index contributed by atoms with van der Waals surface area (Å²) in [5.74, 6) is 0.523. The number of nitrogens with zero attached hydrogens (tertiary/aromatic N) is 2. The summed E-state index contributed by atoms with van der Waals surface area (Å²) in [7, 11) is 0. The Morgan fingerprint density at radius 3 is 2.38 bits per heavy atom. The minimum absolute atomic E-state index is 0.0146. The fourth-order valence-corrected chi connectivity index (χ4v) is 9.30. The molecule has 8 rings (SSSR count). The van der Waals surface area contributed by atoms with Crippen molar-refractivity contribution in [3.8, 4) is 11.5 Å². The summed E-state index contributed by atoms with van der Waals surface area (Å²) in [4.78, 5) is 15.4. The van der Waals surface area contributed by atoms with Crippen LogP contribution in [0.2, 0.25) is 10.0 Å². The lowest BCUT2D eigenvalue weighted by molar-refractivity contribution is 0.0696. The van der Waals surface area contributed by atoms with Crippen LogP contribution in [-0.2, 0) is 12.8 Å². The molecule has 0 atom stereocenters. The monoisotopic (exact) mass is 639 g/mol. The van der Waals surface area contributed by atoms with E-state index in [4.69, 9.17) is 27.9 Å². The topological polar surface area (TPSA) is 52.8 Å². The maximum atomic E-state index is 12.9. The van der Waals surface area contributed by atoms with Gasteiger partial charge in [0.15, 0.2) is 5.54 Å². The van der Waals surface area contributed by atoms with Gasteiger partial charge in [-0.25, -0.2) is 9.37 Å². The zero-order valence-electron chi connectivity index (χ0n) is 26.6. The number of hydrogen-bond donors (Lipinski definition) is 1. The second-order valence-electron chi connectivity index (χ2n) is 14.3. The fraction of sp³-hybridized carbons (Fsp3) is 0.368. The quantitative estimate of drug-likeness (QED) is 0.229. The Balaban J connectivity index is 1.60. The molecule has 7 heteroatoms.